The van der Waals surface area contributed by atoms with Crippen LogP contribution in [0.25, 0.3) is 22.6 Å². The van der Waals surface area contributed by atoms with Gasteiger partial charge in [-0.05, 0) is 91.2 Å². The Bertz CT molecular complexity index is 1420. The second kappa shape index (κ2) is 14.5. The van der Waals surface area contributed by atoms with Crippen LogP contribution in [0.2, 0.25) is 0 Å². The Morgan fingerprint density at radius 1 is 0.738 bits per heavy atom. The number of nitrogens with one attached hydrogen (secondary N) is 1. The fourth-order valence-electron chi connectivity index (χ4n) is 5.76. The molecule has 0 unspecified atom stereocenters. The first kappa shape index (κ1) is 31.3. The van der Waals surface area contributed by atoms with E-state index in [1.807, 2.05) is 24.3 Å². The monoisotopic (exact) mass is 571 g/mol. The molecule has 0 radical (unpaired) electrons. The van der Waals surface area contributed by atoms with Gasteiger partial charge in [0, 0.05) is 0 Å². The zero-order chi connectivity index (χ0) is 30.2. The number of rotatable bonds is 15. The summed E-state index contributed by atoms with van der Waals surface area (Å²) in [5, 5.41) is 3.56. The van der Waals surface area contributed by atoms with E-state index in [4.69, 9.17) is 20.9 Å². The normalized spacial score (nSPS) is 11.7. The van der Waals surface area contributed by atoms with Crippen LogP contribution in [0.3, 0.4) is 0 Å². The van der Waals surface area contributed by atoms with Crippen LogP contribution in [-0.2, 0) is 25.7 Å². The van der Waals surface area contributed by atoms with Gasteiger partial charge in [-0.1, -0.05) is 72.9 Å². The summed E-state index contributed by atoms with van der Waals surface area (Å²) < 4.78 is 6.51. The molecule has 0 saturated carbocycles. The molecule has 0 aliphatic carbocycles. The predicted octanol–water partition coefficient (Wildman–Crippen LogP) is 8.45. The van der Waals surface area contributed by atoms with E-state index in [1.165, 1.54) is 41.5 Å². The number of hydrogen-bond donors (Lipinski definition) is 3. The van der Waals surface area contributed by atoms with Crippen molar-refractivity contribution >= 4 is 34.6 Å². The number of nitrogens with zero attached hydrogens (tertiary/aromatic N) is 4. The maximum atomic E-state index is 6.51. The number of nitrogens with two attached hydrogens (primary N) is 2. The molecule has 0 amide bonds. The summed E-state index contributed by atoms with van der Waals surface area (Å²) in [5.41, 5.74) is 21.0. The van der Waals surface area contributed by atoms with Gasteiger partial charge in [-0.2, -0.15) is 15.0 Å². The number of oxazole rings is 1. The lowest BCUT2D eigenvalue weighted by molar-refractivity contribution is 0.565. The van der Waals surface area contributed by atoms with Gasteiger partial charge >= 0.3 is 0 Å². The molecule has 0 atom stereocenters. The van der Waals surface area contributed by atoms with Gasteiger partial charge in [0.2, 0.25) is 23.7 Å². The first-order valence-corrected chi connectivity index (χ1v) is 15.8. The lowest BCUT2D eigenvalue weighted by atomic mass is 9.81. The van der Waals surface area contributed by atoms with Crippen molar-refractivity contribution in [2.45, 2.75) is 106 Å². The van der Waals surface area contributed by atoms with E-state index in [-0.39, 0.29) is 11.9 Å². The van der Waals surface area contributed by atoms with Crippen molar-refractivity contribution in [3.05, 3.63) is 46.5 Å². The van der Waals surface area contributed by atoms with Gasteiger partial charge < -0.3 is 21.2 Å². The Kier molecular flexibility index (Phi) is 10.8. The fourth-order valence-corrected chi connectivity index (χ4v) is 5.76. The van der Waals surface area contributed by atoms with Crippen LogP contribution in [0.15, 0.2) is 28.7 Å². The largest absolute Gasteiger partial charge is 0.436 e. The fraction of sp³-hybridized carbons (Fsp3) is 0.529. The summed E-state index contributed by atoms with van der Waals surface area (Å²) in [6, 6.07) is 7.95. The number of para-hydroxylation sites is 2. The molecule has 226 valence electrons. The second-order valence-corrected chi connectivity index (χ2v) is 12.2. The van der Waals surface area contributed by atoms with Crippen molar-refractivity contribution in [1.82, 2.24) is 19.9 Å². The summed E-state index contributed by atoms with van der Waals surface area (Å²) in [7, 11) is 0. The van der Waals surface area contributed by atoms with Gasteiger partial charge in [-0.3, -0.25) is 0 Å². The molecule has 2 aromatic heterocycles. The molecular formula is C34H49N7O. The summed E-state index contributed by atoms with van der Waals surface area (Å²) in [5.74, 6) is 2.26. The Morgan fingerprint density at radius 3 is 2.00 bits per heavy atom. The van der Waals surface area contributed by atoms with Crippen molar-refractivity contribution < 1.29 is 4.42 Å². The van der Waals surface area contributed by atoms with E-state index in [0.717, 1.165) is 67.3 Å². The molecule has 0 aliphatic rings. The third-order valence-corrected chi connectivity index (χ3v) is 7.94. The molecule has 4 aromatic rings. The van der Waals surface area contributed by atoms with Crippen LogP contribution < -0.4 is 16.8 Å². The van der Waals surface area contributed by atoms with Crippen LogP contribution in [-0.4, -0.2) is 19.9 Å². The molecule has 0 bridgehead atoms. The number of benzene rings is 2. The Hall–Kier alpha value is -3.68. The van der Waals surface area contributed by atoms with Gasteiger partial charge in [-0.25, -0.2) is 4.98 Å². The maximum Gasteiger partial charge on any atom is 0.233 e. The van der Waals surface area contributed by atoms with Crippen molar-refractivity contribution in [2.75, 3.05) is 16.8 Å². The van der Waals surface area contributed by atoms with Gasteiger partial charge in [-0.15, -0.1) is 0 Å². The molecule has 2 aromatic carbocycles. The Balaban J connectivity index is 2.05. The molecule has 0 spiro atoms. The lowest BCUT2D eigenvalue weighted by Crippen LogP contribution is -2.14. The maximum absolute atomic E-state index is 6.51. The van der Waals surface area contributed by atoms with E-state index in [1.54, 1.807) is 0 Å². The highest BCUT2D eigenvalue weighted by atomic mass is 16.3. The summed E-state index contributed by atoms with van der Waals surface area (Å²) in [4.78, 5) is 17.8. The summed E-state index contributed by atoms with van der Waals surface area (Å²) >= 11 is 0. The molecular weight excluding hydrogens is 522 g/mol. The van der Waals surface area contributed by atoms with Crippen LogP contribution in [0, 0.1) is 11.8 Å². The third-order valence-electron chi connectivity index (χ3n) is 7.94. The SMILES string of the molecule is CCCCCCc1c(CCC(C)C)c(CCC(C)C)c(-c2nc3ccccc3o2)c(Nc2nc(N)nc(N)n2)c1CC. The molecule has 42 heavy (non-hydrogen) atoms. The number of fused-ring (bicyclic) bond motifs is 1. The molecule has 4 rings (SSSR count). The van der Waals surface area contributed by atoms with E-state index in [2.05, 4.69) is 61.8 Å². The molecule has 8 nitrogen and oxygen atoms in total. The van der Waals surface area contributed by atoms with Gasteiger partial charge in [0.1, 0.15) is 5.52 Å². The Labute approximate surface area is 251 Å². The standard InChI is InChI=1S/C34H49N7O/c1-7-9-10-11-14-24-23(8-2)30(38-34-40-32(35)39-33(36)41-34)29(31-37-27-15-12-13-16-28(27)42-31)26(20-18-22(5)6)25(24)19-17-21(3)4/h12-13,15-16,21-22H,7-11,14,17-20H2,1-6H3,(H5,35,36,38,39,40,41). The molecule has 8 heteroatoms. The minimum absolute atomic E-state index is 0.0832. The average Bonchev–Trinajstić information content (AvgIpc) is 3.36. The molecule has 0 saturated heterocycles. The van der Waals surface area contributed by atoms with Crippen LogP contribution in [0.5, 0.6) is 0 Å². The summed E-state index contributed by atoms with van der Waals surface area (Å²) in [6.07, 6.45) is 10.9. The quantitative estimate of drug-likeness (QED) is 0.121. The number of unbranched alkanes of at least 4 members (excludes halogenated alkanes) is 3. The van der Waals surface area contributed by atoms with Crippen molar-refractivity contribution in [2.24, 2.45) is 11.8 Å². The molecule has 5 N–H and O–H groups in total. The zero-order valence-corrected chi connectivity index (χ0v) is 26.4. The molecule has 2 heterocycles. The van der Waals surface area contributed by atoms with Crippen molar-refractivity contribution in [1.29, 1.82) is 0 Å². The Morgan fingerprint density at radius 2 is 1.38 bits per heavy atom. The zero-order valence-electron chi connectivity index (χ0n) is 26.4. The third kappa shape index (κ3) is 7.58. The molecule has 0 fully saturated rings. The minimum Gasteiger partial charge on any atom is -0.436 e. The smallest absolute Gasteiger partial charge is 0.233 e. The molecule has 0 aliphatic heterocycles. The highest BCUT2D eigenvalue weighted by Crippen LogP contribution is 2.43. The van der Waals surface area contributed by atoms with Crippen molar-refractivity contribution in [3.63, 3.8) is 0 Å². The highest BCUT2D eigenvalue weighted by molar-refractivity contribution is 5.87. The van der Waals surface area contributed by atoms with Crippen molar-refractivity contribution in [3.8, 4) is 11.5 Å². The lowest BCUT2D eigenvalue weighted by Gasteiger charge is -2.27. The van der Waals surface area contributed by atoms with E-state index in [0.29, 0.717) is 23.7 Å². The van der Waals surface area contributed by atoms with Gasteiger partial charge in [0.15, 0.2) is 5.58 Å². The summed E-state index contributed by atoms with van der Waals surface area (Å²) in [6.45, 7) is 13.7. The second-order valence-electron chi connectivity index (χ2n) is 12.2. The van der Waals surface area contributed by atoms with Gasteiger partial charge in [0.05, 0.1) is 11.3 Å². The minimum atomic E-state index is 0.0832. The number of hydrogen-bond acceptors (Lipinski definition) is 8. The number of nitrogen functional groups attached to an aromatic ring is 2. The van der Waals surface area contributed by atoms with Crippen LogP contribution in [0.4, 0.5) is 23.5 Å². The van der Waals surface area contributed by atoms with Crippen LogP contribution in [0.1, 0.15) is 102 Å². The highest BCUT2D eigenvalue weighted by Gasteiger charge is 2.27. The van der Waals surface area contributed by atoms with E-state index >= 15 is 0 Å². The first-order chi connectivity index (χ1) is 20.2. The average molecular weight is 572 g/mol. The van der Waals surface area contributed by atoms with Crippen LogP contribution >= 0.6 is 0 Å². The topological polar surface area (TPSA) is 129 Å². The number of aromatic nitrogens is 4. The van der Waals surface area contributed by atoms with E-state index in [9.17, 15) is 0 Å². The van der Waals surface area contributed by atoms with Gasteiger partial charge in [0.25, 0.3) is 0 Å². The predicted molar refractivity (Wildman–Crippen MR) is 175 cm³/mol. The van der Waals surface area contributed by atoms with E-state index < -0.39 is 0 Å². The number of anilines is 4. The first-order valence-electron chi connectivity index (χ1n) is 15.8.